The van der Waals surface area contributed by atoms with Gasteiger partial charge in [-0.3, -0.25) is 9.67 Å². The van der Waals surface area contributed by atoms with Crippen LogP contribution < -0.4 is 11.1 Å². The van der Waals surface area contributed by atoms with Gasteiger partial charge in [-0.05, 0) is 37.5 Å². The van der Waals surface area contributed by atoms with Gasteiger partial charge in [-0.1, -0.05) is 17.7 Å². The topological polar surface area (TPSA) is 68.2 Å². The molecule has 21 heavy (non-hydrogen) atoms. The summed E-state index contributed by atoms with van der Waals surface area (Å²) in [5.41, 5.74) is 9.27. The van der Waals surface area contributed by atoms with Crippen LogP contribution in [0.15, 0.2) is 41.7 Å². The van der Waals surface area contributed by atoms with Crippen LogP contribution in [0.2, 0.25) is 0 Å². The van der Waals surface area contributed by atoms with E-state index in [0.29, 0.717) is 12.5 Å². The van der Waals surface area contributed by atoms with E-state index in [1.165, 1.54) is 11.1 Å². The number of hydrogen-bond acceptors (Lipinski definition) is 2. The number of guanidine groups is 1. The number of nitrogens with zero attached hydrogens (tertiary/aromatic N) is 3. The Hall–Kier alpha value is -1.57. The molecule has 0 unspecified atom stereocenters. The Kier molecular flexibility index (Phi) is 7.21. The summed E-state index contributed by atoms with van der Waals surface area (Å²) in [6, 6.07) is 8.07. The summed E-state index contributed by atoms with van der Waals surface area (Å²) in [6.45, 7) is 2.76. The number of aliphatic imine (C=N–C) groups is 1. The van der Waals surface area contributed by atoms with Crippen molar-refractivity contribution in [3.05, 3.63) is 47.8 Å². The molecule has 0 spiro atoms. The van der Waals surface area contributed by atoms with E-state index in [1.807, 2.05) is 48.4 Å². The Morgan fingerprint density at radius 1 is 1.33 bits per heavy atom. The van der Waals surface area contributed by atoms with Gasteiger partial charge in [0.15, 0.2) is 5.96 Å². The van der Waals surface area contributed by atoms with Gasteiger partial charge in [-0.25, -0.2) is 0 Å². The van der Waals surface area contributed by atoms with E-state index in [-0.39, 0.29) is 24.0 Å². The van der Waals surface area contributed by atoms with Gasteiger partial charge in [0.2, 0.25) is 0 Å². The summed E-state index contributed by atoms with van der Waals surface area (Å²) in [6.07, 6.45) is 5.84. The van der Waals surface area contributed by atoms with Crippen molar-refractivity contribution in [2.75, 3.05) is 11.9 Å². The second-order valence-electron chi connectivity index (χ2n) is 4.88. The number of benzene rings is 1. The lowest BCUT2D eigenvalue weighted by Crippen LogP contribution is -2.22. The fourth-order valence-electron chi connectivity index (χ4n) is 1.91. The molecule has 0 bridgehead atoms. The zero-order valence-electron chi connectivity index (χ0n) is 12.4. The third-order valence-corrected chi connectivity index (χ3v) is 2.99. The van der Waals surface area contributed by atoms with E-state index in [1.54, 1.807) is 0 Å². The molecule has 0 atom stereocenters. The highest BCUT2D eigenvalue weighted by Crippen LogP contribution is 2.08. The van der Waals surface area contributed by atoms with Crippen LogP contribution >= 0.6 is 24.0 Å². The molecule has 1 heterocycles. The van der Waals surface area contributed by atoms with E-state index in [9.17, 15) is 0 Å². The molecule has 0 saturated carbocycles. The molecular weight excluding hydrogens is 377 g/mol. The third-order valence-electron chi connectivity index (χ3n) is 2.99. The minimum atomic E-state index is 0. The smallest absolute Gasteiger partial charge is 0.193 e. The van der Waals surface area contributed by atoms with Crippen molar-refractivity contribution in [3.8, 4) is 0 Å². The highest BCUT2D eigenvalue weighted by atomic mass is 127. The van der Waals surface area contributed by atoms with Crippen LogP contribution in [-0.2, 0) is 13.5 Å². The first-order chi connectivity index (χ1) is 9.63. The van der Waals surface area contributed by atoms with E-state index < -0.39 is 0 Å². The van der Waals surface area contributed by atoms with Gasteiger partial charge in [0.25, 0.3) is 0 Å². The van der Waals surface area contributed by atoms with Crippen molar-refractivity contribution < 1.29 is 0 Å². The van der Waals surface area contributed by atoms with Gasteiger partial charge in [-0.15, -0.1) is 24.0 Å². The van der Waals surface area contributed by atoms with Crippen LogP contribution in [0.25, 0.3) is 0 Å². The summed E-state index contributed by atoms with van der Waals surface area (Å²) >= 11 is 0. The summed E-state index contributed by atoms with van der Waals surface area (Å²) in [5, 5.41) is 7.22. The van der Waals surface area contributed by atoms with Crippen LogP contribution in [-0.4, -0.2) is 22.3 Å². The van der Waals surface area contributed by atoms with Crippen LogP contribution in [0.5, 0.6) is 0 Å². The lowest BCUT2D eigenvalue weighted by molar-refractivity contribution is 0.765. The third kappa shape index (κ3) is 6.16. The van der Waals surface area contributed by atoms with Crippen LogP contribution in [0, 0.1) is 6.92 Å². The number of nitrogens with one attached hydrogen (secondary N) is 1. The maximum absolute atomic E-state index is 5.85. The molecule has 5 nitrogen and oxygen atoms in total. The Morgan fingerprint density at radius 2 is 2.05 bits per heavy atom. The predicted octanol–water partition coefficient (Wildman–Crippen LogP) is 2.71. The molecule has 0 aliphatic rings. The quantitative estimate of drug-likeness (QED) is 0.352. The molecule has 0 aliphatic carbocycles. The number of nitrogens with two attached hydrogens (primary N) is 1. The summed E-state index contributed by atoms with van der Waals surface area (Å²) in [7, 11) is 1.92. The van der Waals surface area contributed by atoms with E-state index in [2.05, 4.69) is 22.3 Å². The molecule has 2 aromatic rings. The lowest BCUT2D eigenvalue weighted by Gasteiger charge is -2.05. The molecule has 0 fully saturated rings. The number of aromatic nitrogens is 2. The average Bonchev–Trinajstić information content (AvgIpc) is 2.83. The SMILES string of the molecule is Cc1ccc(NC(N)=NCCCc2cnn(C)c2)cc1.I. The van der Waals surface area contributed by atoms with Crippen LogP contribution in [0.3, 0.4) is 0 Å². The number of anilines is 1. The Labute approximate surface area is 142 Å². The van der Waals surface area contributed by atoms with Crippen molar-refractivity contribution in [2.24, 2.45) is 17.8 Å². The Bertz CT molecular complexity index is 574. The van der Waals surface area contributed by atoms with Gasteiger partial charge in [0.05, 0.1) is 6.20 Å². The second kappa shape index (κ2) is 8.66. The largest absolute Gasteiger partial charge is 0.370 e. The molecule has 0 amide bonds. The average molecular weight is 399 g/mol. The van der Waals surface area contributed by atoms with Crippen molar-refractivity contribution in [2.45, 2.75) is 19.8 Å². The van der Waals surface area contributed by atoms with E-state index >= 15 is 0 Å². The highest BCUT2D eigenvalue weighted by molar-refractivity contribution is 14.0. The minimum absolute atomic E-state index is 0. The molecule has 114 valence electrons. The van der Waals surface area contributed by atoms with Crippen molar-refractivity contribution in [3.63, 3.8) is 0 Å². The van der Waals surface area contributed by atoms with Crippen molar-refractivity contribution >= 4 is 35.6 Å². The van der Waals surface area contributed by atoms with Gasteiger partial charge in [0, 0.05) is 25.5 Å². The maximum atomic E-state index is 5.85. The number of halogens is 1. The van der Waals surface area contributed by atoms with Crippen molar-refractivity contribution in [1.29, 1.82) is 0 Å². The molecule has 1 aromatic carbocycles. The van der Waals surface area contributed by atoms with E-state index in [0.717, 1.165) is 18.5 Å². The normalized spacial score (nSPS) is 11.0. The van der Waals surface area contributed by atoms with Crippen molar-refractivity contribution in [1.82, 2.24) is 9.78 Å². The van der Waals surface area contributed by atoms with Gasteiger partial charge in [0.1, 0.15) is 0 Å². The molecule has 0 aliphatic heterocycles. The summed E-state index contributed by atoms with van der Waals surface area (Å²) < 4.78 is 1.81. The molecule has 6 heteroatoms. The second-order valence-corrected chi connectivity index (χ2v) is 4.88. The minimum Gasteiger partial charge on any atom is -0.370 e. The summed E-state index contributed by atoms with van der Waals surface area (Å²) in [5.74, 6) is 0.458. The first-order valence-electron chi connectivity index (χ1n) is 6.74. The zero-order valence-corrected chi connectivity index (χ0v) is 14.7. The molecular formula is C15H22IN5. The molecule has 3 N–H and O–H groups in total. The number of aryl methyl sites for hydroxylation is 3. The monoisotopic (exact) mass is 399 g/mol. The fraction of sp³-hybridized carbons (Fsp3) is 0.333. The molecule has 0 radical (unpaired) electrons. The summed E-state index contributed by atoms with van der Waals surface area (Å²) in [4.78, 5) is 4.32. The zero-order chi connectivity index (χ0) is 14.4. The lowest BCUT2D eigenvalue weighted by atomic mass is 10.2. The van der Waals surface area contributed by atoms with Gasteiger partial charge in [-0.2, -0.15) is 5.10 Å². The highest BCUT2D eigenvalue weighted by Gasteiger charge is 1.97. The first-order valence-corrected chi connectivity index (χ1v) is 6.74. The maximum Gasteiger partial charge on any atom is 0.193 e. The predicted molar refractivity (Wildman–Crippen MR) is 98.2 cm³/mol. The van der Waals surface area contributed by atoms with E-state index in [4.69, 9.17) is 5.73 Å². The fourth-order valence-corrected chi connectivity index (χ4v) is 1.91. The molecule has 2 rings (SSSR count). The van der Waals surface area contributed by atoms with Gasteiger partial charge < -0.3 is 11.1 Å². The van der Waals surface area contributed by atoms with Crippen LogP contribution in [0.1, 0.15) is 17.5 Å². The Balaban J connectivity index is 0.00000220. The molecule has 0 saturated heterocycles. The number of hydrogen-bond donors (Lipinski definition) is 2. The Morgan fingerprint density at radius 3 is 2.67 bits per heavy atom. The standard InChI is InChI=1S/C15H21N5.HI/c1-12-5-7-14(8-6-12)19-15(16)17-9-3-4-13-10-18-20(2)11-13;/h5-8,10-11H,3-4,9H2,1-2H3,(H3,16,17,19);1H. The first kappa shape index (κ1) is 17.5. The number of rotatable bonds is 5. The van der Waals surface area contributed by atoms with Gasteiger partial charge >= 0.3 is 0 Å². The molecule has 1 aromatic heterocycles. The van der Waals surface area contributed by atoms with Crippen LogP contribution in [0.4, 0.5) is 5.69 Å².